The van der Waals surface area contributed by atoms with E-state index >= 15 is 0 Å². The van der Waals surface area contributed by atoms with Crippen molar-refractivity contribution in [1.82, 2.24) is 9.80 Å². The van der Waals surface area contributed by atoms with Crippen molar-refractivity contribution in [2.24, 2.45) is 5.92 Å². The molecule has 118 valence electrons. The molecule has 0 aromatic carbocycles. The maximum absolute atomic E-state index is 13.1. The van der Waals surface area contributed by atoms with Gasteiger partial charge in [0.2, 0.25) is 0 Å². The molecule has 3 fully saturated rings. The van der Waals surface area contributed by atoms with Crippen LogP contribution in [0.15, 0.2) is 0 Å². The van der Waals surface area contributed by atoms with Gasteiger partial charge in [0.25, 0.3) is 0 Å². The third-order valence-electron chi connectivity index (χ3n) is 4.98. The van der Waals surface area contributed by atoms with Gasteiger partial charge in [-0.1, -0.05) is 0 Å². The topological polar surface area (TPSA) is 60.9 Å². The van der Waals surface area contributed by atoms with E-state index in [0.29, 0.717) is 11.7 Å². The minimum atomic E-state index is -0.865. The van der Waals surface area contributed by atoms with E-state index in [9.17, 15) is 14.7 Å². The summed E-state index contributed by atoms with van der Waals surface area (Å²) >= 11 is 1.65. The van der Waals surface area contributed by atoms with E-state index in [-0.39, 0.29) is 23.5 Å². The smallest absolute Gasteiger partial charge is 0.327 e. The summed E-state index contributed by atoms with van der Waals surface area (Å²) in [6.07, 6.45) is 5.43. The van der Waals surface area contributed by atoms with Crippen molar-refractivity contribution in [3.63, 3.8) is 0 Å². The molecule has 0 radical (unpaired) electrons. The summed E-state index contributed by atoms with van der Waals surface area (Å²) < 4.78 is 0. The maximum atomic E-state index is 13.1. The number of carboxylic acids is 1. The first-order valence-corrected chi connectivity index (χ1v) is 9.00. The Morgan fingerprint density at radius 3 is 2.19 bits per heavy atom. The van der Waals surface area contributed by atoms with Crippen LogP contribution >= 0.6 is 11.8 Å². The minimum absolute atomic E-state index is 0.0519. The number of hydrogen-bond donors (Lipinski definition) is 1. The van der Waals surface area contributed by atoms with E-state index in [0.717, 1.165) is 32.1 Å². The molecule has 21 heavy (non-hydrogen) atoms. The summed E-state index contributed by atoms with van der Waals surface area (Å²) in [5.74, 6) is 0.161. The highest BCUT2D eigenvalue weighted by Crippen LogP contribution is 2.46. The Hall–Kier alpha value is -0.910. The van der Waals surface area contributed by atoms with Crippen LogP contribution in [0.25, 0.3) is 0 Å². The molecule has 3 rings (SSSR count). The van der Waals surface area contributed by atoms with Crippen molar-refractivity contribution < 1.29 is 14.7 Å². The molecule has 6 heteroatoms. The lowest BCUT2D eigenvalue weighted by atomic mass is 9.98. The van der Waals surface area contributed by atoms with Crippen LogP contribution in [-0.4, -0.2) is 56.2 Å². The van der Waals surface area contributed by atoms with E-state index in [1.165, 1.54) is 0 Å². The predicted molar refractivity (Wildman–Crippen MR) is 82.2 cm³/mol. The van der Waals surface area contributed by atoms with Gasteiger partial charge in [0, 0.05) is 17.8 Å². The Kier molecular flexibility index (Phi) is 4.08. The van der Waals surface area contributed by atoms with E-state index in [1.807, 2.05) is 4.90 Å². The average molecular weight is 312 g/mol. The van der Waals surface area contributed by atoms with Gasteiger partial charge in [0.15, 0.2) is 0 Å². The number of piperidine rings is 1. The summed E-state index contributed by atoms with van der Waals surface area (Å²) in [7, 11) is 0. The van der Waals surface area contributed by atoms with Gasteiger partial charge < -0.3 is 10.0 Å². The lowest BCUT2D eigenvalue weighted by Gasteiger charge is -2.43. The van der Waals surface area contributed by atoms with Crippen LogP contribution < -0.4 is 0 Å². The van der Waals surface area contributed by atoms with Gasteiger partial charge in [-0.2, -0.15) is 0 Å². The number of nitrogens with zero attached hydrogens (tertiary/aromatic N) is 2. The summed E-state index contributed by atoms with van der Waals surface area (Å²) in [5, 5.41) is 9.53. The number of likely N-dealkylation sites (tertiary alicyclic amines) is 1. The van der Waals surface area contributed by atoms with Gasteiger partial charge in [-0.15, -0.1) is 11.8 Å². The van der Waals surface area contributed by atoms with Gasteiger partial charge in [0.1, 0.15) is 6.04 Å². The Labute approximate surface area is 130 Å². The summed E-state index contributed by atoms with van der Waals surface area (Å²) in [4.78, 5) is 28.2. The molecule has 0 aromatic heterocycles. The van der Waals surface area contributed by atoms with Gasteiger partial charge in [-0.05, 0) is 51.9 Å². The average Bonchev–Trinajstić information content (AvgIpc) is 3.16. The molecule has 4 atom stereocenters. The molecule has 0 aromatic rings. The molecule has 3 aliphatic rings. The van der Waals surface area contributed by atoms with Crippen LogP contribution in [0.5, 0.6) is 0 Å². The van der Waals surface area contributed by atoms with E-state index in [4.69, 9.17) is 0 Å². The van der Waals surface area contributed by atoms with Gasteiger partial charge >= 0.3 is 12.0 Å². The van der Waals surface area contributed by atoms with Crippen molar-refractivity contribution in [3.05, 3.63) is 0 Å². The highest BCUT2D eigenvalue weighted by Gasteiger charge is 2.50. The number of carbonyl (C=O) groups excluding carboxylic acids is 1. The number of rotatable bonds is 2. The van der Waals surface area contributed by atoms with Gasteiger partial charge in [-0.25, -0.2) is 9.59 Å². The van der Waals surface area contributed by atoms with Crippen LogP contribution in [0, 0.1) is 5.92 Å². The molecule has 1 N–H and O–H groups in total. The fourth-order valence-electron chi connectivity index (χ4n) is 3.64. The monoisotopic (exact) mass is 312 g/mol. The quantitative estimate of drug-likeness (QED) is 0.851. The molecule has 2 saturated heterocycles. The number of urea groups is 1. The number of aliphatic carboxylic acids is 1. The number of thioether (sulfide) groups is 1. The third kappa shape index (κ3) is 2.74. The maximum Gasteiger partial charge on any atom is 0.327 e. The summed E-state index contributed by atoms with van der Waals surface area (Å²) in [5.41, 5.74) is 0. The molecule has 0 bridgehead atoms. The Morgan fingerprint density at radius 2 is 1.67 bits per heavy atom. The summed E-state index contributed by atoms with van der Waals surface area (Å²) in [6, 6.07) is -0.291. The Balaban J connectivity index is 1.83. The molecule has 2 amide bonds. The molecule has 2 aliphatic heterocycles. The highest BCUT2D eigenvalue weighted by atomic mass is 32.2. The molecular formula is C15H24N2O3S. The van der Waals surface area contributed by atoms with Crippen molar-refractivity contribution in [1.29, 1.82) is 0 Å². The zero-order valence-electron chi connectivity index (χ0n) is 12.7. The normalized spacial score (nSPS) is 36.9. The lowest BCUT2D eigenvalue weighted by molar-refractivity contribution is -0.141. The zero-order chi connectivity index (χ0) is 15.1. The second-order valence-electron chi connectivity index (χ2n) is 6.64. The van der Waals surface area contributed by atoms with Crippen molar-refractivity contribution in [3.8, 4) is 0 Å². The van der Waals surface area contributed by atoms with Crippen molar-refractivity contribution in [2.75, 3.05) is 5.75 Å². The molecule has 1 saturated carbocycles. The zero-order valence-corrected chi connectivity index (χ0v) is 13.5. The minimum Gasteiger partial charge on any atom is -0.480 e. The second-order valence-corrected chi connectivity index (χ2v) is 7.79. The molecular weight excluding hydrogens is 288 g/mol. The first kappa shape index (κ1) is 15.0. The SMILES string of the molecule is C[C@@H]1CCC[C@H](C)N1C(=O)N1C(C(=O)O)CSC1C1CC1. The molecule has 1 aliphatic carbocycles. The van der Waals surface area contributed by atoms with Crippen LogP contribution in [0.3, 0.4) is 0 Å². The standard InChI is InChI=1S/C15H24N2O3S/c1-9-4-3-5-10(2)16(9)15(20)17-12(14(18)19)8-21-13(17)11-6-7-11/h9-13H,3-8H2,1-2H3,(H,18,19)/t9-,10+,12?,13?. The number of hydrogen-bond acceptors (Lipinski definition) is 3. The van der Waals surface area contributed by atoms with Crippen LogP contribution in [0.1, 0.15) is 46.0 Å². The van der Waals surface area contributed by atoms with Crippen LogP contribution in [0.4, 0.5) is 4.79 Å². The largest absolute Gasteiger partial charge is 0.480 e. The number of amides is 2. The highest BCUT2D eigenvalue weighted by molar-refractivity contribution is 8.00. The summed E-state index contributed by atoms with van der Waals surface area (Å²) in [6.45, 7) is 4.16. The van der Waals surface area contributed by atoms with Crippen molar-refractivity contribution in [2.45, 2.75) is 69.5 Å². The third-order valence-corrected chi connectivity index (χ3v) is 6.44. The van der Waals surface area contributed by atoms with Crippen molar-refractivity contribution >= 4 is 23.8 Å². The Morgan fingerprint density at radius 1 is 1.05 bits per heavy atom. The lowest BCUT2D eigenvalue weighted by Crippen LogP contribution is -2.57. The van der Waals surface area contributed by atoms with Crippen LogP contribution in [0.2, 0.25) is 0 Å². The van der Waals surface area contributed by atoms with Crippen LogP contribution in [-0.2, 0) is 4.79 Å². The molecule has 5 nitrogen and oxygen atoms in total. The Bertz CT molecular complexity index is 431. The number of carbonyl (C=O) groups is 2. The second kappa shape index (κ2) is 5.71. The first-order valence-electron chi connectivity index (χ1n) is 7.95. The van der Waals surface area contributed by atoms with E-state index < -0.39 is 12.0 Å². The van der Waals surface area contributed by atoms with Gasteiger partial charge in [0.05, 0.1) is 5.37 Å². The number of carboxylic acid groups (broad SMARTS) is 1. The fourth-order valence-corrected chi connectivity index (χ4v) is 5.26. The molecule has 2 heterocycles. The van der Waals surface area contributed by atoms with E-state index in [1.54, 1.807) is 16.7 Å². The predicted octanol–water partition coefficient (Wildman–Crippen LogP) is 2.61. The fraction of sp³-hybridized carbons (Fsp3) is 0.867. The molecule has 2 unspecified atom stereocenters. The first-order chi connectivity index (χ1) is 10.0. The molecule has 0 spiro atoms. The van der Waals surface area contributed by atoms with Gasteiger partial charge in [-0.3, -0.25) is 4.90 Å². The van der Waals surface area contributed by atoms with E-state index in [2.05, 4.69) is 13.8 Å².